The van der Waals surface area contributed by atoms with E-state index in [0.717, 1.165) is 31.7 Å². The molecule has 0 aliphatic carbocycles. The van der Waals surface area contributed by atoms with Gasteiger partial charge in [0.05, 0.1) is 5.56 Å². The number of nitrogens with one attached hydrogen (secondary N) is 1. The third kappa shape index (κ3) is 3.71. The van der Waals surface area contributed by atoms with Gasteiger partial charge in [-0.05, 0) is 31.0 Å². The van der Waals surface area contributed by atoms with Gasteiger partial charge in [-0.25, -0.2) is 0 Å². The van der Waals surface area contributed by atoms with Gasteiger partial charge in [-0.1, -0.05) is 30.3 Å². The zero-order chi connectivity index (χ0) is 15.4. The van der Waals surface area contributed by atoms with Crippen LogP contribution in [0.15, 0.2) is 48.7 Å². The maximum Gasteiger partial charge on any atom is 0.253 e. The lowest BCUT2D eigenvalue weighted by molar-refractivity contribution is 0.0937. The summed E-state index contributed by atoms with van der Waals surface area (Å²) < 4.78 is 0. The van der Waals surface area contributed by atoms with E-state index >= 15 is 0 Å². The third-order valence-electron chi connectivity index (χ3n) is 4.03. The Kier molecular flexibility index (Phi) is 4.49. The lowest BCUT2D eigenvalue weighted by atomic mass is 10.2. The van der Waals surface area contributed by atoms with Gasteiger partial charge in [0.25, 0.3) is 5.91 Å². The number of likely N-dealkylation sites (tertiary alicyclic amines) is 1. The van der Waals surface area contributed by atoms with Crippen molar-refractivity contribution in [1.29, 1.82) is 0 Å². The molecular weight excluding hydrogens is 274 g/mol. The summed E-state index contributed by atoms with van der Waals surface area (Å²) >= 11 is 0. The number of aromatic nitrogens is 1. The molecule has 4 heteroatoms. The monoisotopic (exact) mass is 295 g/mol. The number of benzene rings is 1. The Labute approximate surface area is 131 Å². The number of amides is 1. The van der Waals surface area contributed by atoms with E-state index in [1.165, 1.54) is 5.56 Å². The molecule has 1 aromatic carbocycles. The van der Waals surface area contributed by atoms with Gasteiger partial charge in [0, 0.05) is 37.6 Å². The highest BCUT2D eigenvalue weighted by molar-refractivity contribution is 5.94. The van der Waals surface area contributed by atoms with Crippen LogP contribution in [-0.4, -0.2) is 34.9 Å². The van der Waals surface area contributed by atoms with Crippen molar-refractivity contribution < 1.29 is 4.79 Å². The van der Waals surface area contributed by atoms with E-state index in [4.69, 9.17) is 0 Å². The molecule has 1 aliphatic rings. The van der Waals surface area contributed by atoms with Gasteiger partial charge in [-0.3, -0.25) is 14.7 Å². The average Bonchev–Trinajstić information content (AvgIpc) is 2.96. The lowest BCUT2D eigenvalue weighted by Gasteiger charge is -2.16. The van der Waals surface area contributed by atoms with Gasteiger partial charge in [-0.15, -0.1) is 0 Å². The van der Waals surface area contributed by atoms with Crippen LogP contribution in [0.4, 0.5) is 0 Å². The van der Waals surface area contributed by atoms with Crippen LogP contribution >= 0.6 is 0 Å². The molecular formula is C18H21N3O. The first-order valence-corrected chi connectivity index (χ1v) is 7.70. The maximum absolute atomic E-state index is 12.2. The molecule has 1 amide bonds. The minimum atomic E-state index is -0.0286. The Hall–Kier alpha value is -2.20. The summed E-state index contributed by atoms with van der Waals surface area (Å²) in [5.74, 6) is -0.0286. The second-order valence-corrected chi connectivity index (χ2v) is 5.87. The molecule has 2 aromatic rings. The van der Waals surface area contributed by atoms with Gasteiger partial charge in [-0.2, -0.15) is 0 Å². The highest BCUT2D eigenvalue weighted by Crippen LogP contribution is 2.14. The zero-order valence-electron chi connectivity index (χ0n) is 12.8. The molecule has 1 aliphatic heterocycles. The quantitative estimate of drug-likeness (QED) is 0.942. The summed E-state index contributed by atoms with van der Waals surface area (Å²) in [6.07, 6.45) is 2.64. The van der Waals surface area contributed by atoms with Crippen molar-refractivity contribution >= 4 is 5.91 Å². The minimum absolute atomic E-state index is 0.0286. The number of pyridine rings is 1. The Balaban J connectivity index is 1.52. The van der Waals surface area contributed by atoms with E-state index in [9.17, 15) is 4.79 Å². The molecule has 1 saturated heterocycles. The number of hydrogen-bond donors (Lipinski definition) is 1. The van der Waals surface area contributed by atoms with E-state index in [2.05, 4.69) is 39.5 Å². The van der Waals surface area contributed by atoms with E-state index in [1.54, 1.807) is 6.20 Å². The van der Waals surface area contributed by atoms with Crippen LogP contribution in [0.25, 0.3) is 0 Å². The van der Waals surface area contributed by atoms with Crippen LogP contribution in [0, 0.1) is 6.92 Å². The van der Waals surface area contributed by atoms with Crippen LogP contribution in [0.3, 0.4) is 0 Å². The number of rotatable bonds is 4. The second-order valence-electron chi connectivity index (χ2n) is 5.87. The largest absolute Gasteiger partial charge is 0.348 e. The predicted molar refractivity (Wildman–Crippen MR) is 86.6 cm³/mol. The average molecular weight is 295 g/mol. The summed E-state index contributed by atoms with van der Waals surface area (Å²) in [4.78, 5) is 18.8. The van der Waals surface area contributed by atoms with Crippen molar-refractivity contribution in [3.63, 3.8) is 0 Å². The molecule has 1 aromatic heterocycles. The molecule has 4 nitrogen and oxygen atoms in total. The van der Waals surface area contributed by atoms with Crippen LogP contribution in [0.5, 0.6) is 0 Å². The van der Waals surface area contributed by atoms with Gasteiger partial charge in [0.15, 0.2) is 0 Å². The zero-order valence-corrected chi connectivity index (χ0v) is 12.8. The van der Waals surface area contributed by atoms with Gasteiger partial charge < -0.3 is 5.32 Å². The summed E-state index contributed by atoms with van der Waals surface area (Å²) in [5, 5.41) is 3.11. The first kappa shape index (κ1) is 14.7. The Morgan fingerprint density at radius 3 is 2.82 bits per heavy atom. The topological polar surface area (TPSA) is 45.2 Å². The first-order valence-electron chi connectivity index (χ1n) is 7.70. The number of carbonyl (C=O) groups excluding carboxylic acids is 1. The highest BCUT2D eigenvalue weighted by Gasteiger charge is 2.24. The molecule has 0 bridgehead atoms. The molecule has 1 fully saturated rings. The third-order valence-corrected chi connectivity index (χ3v) is 4.03. The van der Waals surface area contributed by atoms with Crippen molar-refractivity contribution in [1.82, 2.24) is 15.2 Å². The van der Waals surface area contributed by atoms with Crippen molar-refractivity contribution in [3.05, 3.63) is 65.5 Å². The molecule has 3 rings (SSSR count). The number of nitrogens with zero attached hydrogens (tertiary/aromatic N) is 2. The van der Waals surface area contributed by atoms with Crippen molar-refractivity contribution in [2.75, 3.05) is 13.1 Å². The molecule has 1 N–H and O–H groups in total. The number of carbonyl (C=O) groups is 1. The molecule has 1 unspecified atom stereocenters. The maximum atomic E-state index is 12.2. The van der Waals surface area contributed by atoms with Gasteiger partial charge in [0.1, 0.15) is 0 Å². The van der Waals surface area contributed by atoms with Crippen molar-refractivity contribution in [2.45, 2.75) is 25.9 Å². The summed E-state index contributed by atoms with van der Waals surface area (Å²) in [6.45, 7) is 4.78. The number of hydrogen-bond acceptors (Lipinski definition) is 3. The van der Waals surface area contributed by atoms with Crippen molar-refractivity contribution in [3.8, 4) is 0 Å². The molecule has 0 spiro atoms. The Bertz CT molecular complexity index is 625. The van der Waals surface area contributed by atoms with Crippen LogP contribution < -0.4 is 5.32 Å². The van der Waals surface area contributed by atoms with Gasteiger partial charge >= 0.3 is 0 Å². The molecule has 22 heavy (non-hydrogen) atoms. The van der Waals surface area contributed by atoms with E-state index in [-0.39, 0.29) is 11.9 Å². The summed E-state index contributed by atoms with van der Waals surface area (Å²) in [7, 11) is 0. The summed E-state index contributed by atoms with van der Waals surface area (Å²) in [5.41, 5.74) is 2.87. The van der Waals surface area contributed by atoms with Gasteiger partial charge in [0.2, 0.25) is 0 Å². The van der Waals surface area contributed by atoms with E-state index < -0.39 is 0 Å². The second kappa shape index (κ2) is 6.71. The summed E-state index contributed by atoms with van der Waals surface area (Å²) in [6, 6.07) is 14.4. The smallest absolute Gasteiger partial charge is 0.253 e. The van der Waals surface area contributed by atoms with Crippen LogP contribution in [-0.2, 0) is 6.54 Å². The van der Waals surface area contributed by atoms with Crippen LogP contribution in [0.2, 0.25) is 0 Å². The molecule has 114 valence electrons. The molecule has 1 atom stereocenters. The van der Waals surface area contributed by atoms with Crippen molar-refractivity contribution in [2.24, 2.45) is 0 Å². The lowest BCUT2D eigenvalue weighted by Crippen LogP contribution is -2.37. The fourth-order valence-corrected chi connectivity index (χ4v) is 2.81. The van der Waals surface area contributed by atoms with Crippen LogP contribution in [0.1, 0.15) is 28.0 Å². The normalized spacial score (nSPS) is 18.3. The number of aryl methyl sites for hydroxylation is 1. The Morgan fingerprint density at radius 1 is 1.27 bits per heavy atom. The molecule has 0 saturated carbocycles. The standard InChI is InChI=1S/C18H21N3O/c1-14-7-8-16(11-19-14)18(22)20-17-9-10-21(13-17)12-15-5-3-2-4-6-15/h2-8,11,17H,9-10,12-13H2,1H3,(H,20,22). The predicted octanol–water partition coefficient (Wildman–Crippen LogP) is 2.39. The van der Waals surface area contributed by atoms with E-state index in [1.807, 2.05) is 25.1 Å². The fraction of sp³-hybridized carbons (Fsp3) is 0.333. The first-order chi connectivity index (χ1) is 10.7. The SMILES string of the molecule is Cc1ccc(C(=O)NC2CCN(Cc3ccccc3)C2)cn1. The molecule has 0 radical (unpaired) electrons. The highest BCUT2D eigenvalue weighted by atomic mass is 16.1. The van der Waals surface area contributed by atoms with E-state index in [0.29, 0.717) is 5.56 Å². The molecule has 2 heterocycles. The fourth-order valence-electron chi connectivity index (χ4n) is 2.81. The Morgan fingerprint density at radius 2 is 2.09 bits per heavy atom. The minimum Gasteiger partial charge on any atom is -0.348 e.